The van der Waals surface area contributed by atoms with Gasteiger partial charge in [0.25, 0.3) is 5.91 Å². The van der Waals surface area contributed by atoms with E-state index in [0.29, 0.717) is 38.7 Å². The first-order valence-electron chi connectivity index (χ1n) is 8.06. The summed E-state index contributed by atoms with van der Waals surface area (Å²) in [7, 11) is 0. The lowest BCUT2D eigenvalue weighted by molar-refractivity contribution is -0.137. The smallest absolute Gasteiger partial charge is 0.260 e. The van der Waals surface area contributed by atoms with E-state index in [-0.39, 0.29) is 12.5 Å². The molecule has 0 spiro atoms. The number of amides is 1. The van der Waals surface area contributed by atoms with Gasteiger partial charge in [-0.1, -0.05) is 36.4 Å². The van der Waals surface area contributed by atoms with Gasteiger partial charge in [-0.3, -0.25) is 4.79 Å². The Bertz CT molecular complexity index is 653. The first-order chi connectivity index (χ1) is 11.8. The molecule has 0 aromatic heterocycles. The summed E-state index contributed by atoms with van der Waals surface area (Å²) in [4.78, 5) is 13.8. The van der Waals surface area contributed by atoms with E-state index in [1.54, 1.807) is 11.0 Å². The van der Waals surface area contributed by atoms with Crippen LogP contribution in [0.5, 0.6) is 11.5 Å². The van der Waals surface area contributed by atoms with E-state index >= 15 is 0 Å². The van der Waals surface area contributed by atoms with E-state index in [9.17, 15) is 4.79 Å². The molecule has 3 rings (SSSR count). The molecule has 0 atom stereocenters. The van der Waals surface area contributed by atoms with Crippen LogP contribution in [0.4, 0.5) is 0 Å². The van der Waals surface area contributed by atoms with Gasteiger partial charge in [0.2, 0.25) is 0 Å². The van der Waals surface area contributed by atoms with Crippen LogP contribution < -0.4 is 9.47 Å². The zero-order chi connectivity index (χ0) is 16.6. The van der Waals surface area contributed by atoms with Crippen LogP contribution in [0.15, 0.2) is 54.6 Å². The van der Waals surface area contributed by atoms with Crippen molar-refractivity contribution in [3.05, 3.63) is 60.2 Å². The molecule has 1 amide bonds. The van der Waals surface area contributed by atoms with E-state index in [4.69, 9.17) is 14.2 Å². The molecule has 24 heavy (non-hydrogen) atoms. The lowest BCUT2D eigenvalue weighted by Gasteiger charge is -2.26. The summed E-state index contributed by atoms with van der Waals surface area (Å²) >= 11 is 0. The fourth-order valence-corrected chi connectivity index (χ4v) is 2.44. The van der Waals surface area contributed by atoms with E-state index < -0.39 is 0 Å². The predicted molar refractivity (Wildman–Crippen MR) is 90.1 cm³/mol. The van der Waals surface area contributed by atoms with E-state index in [1.165, 1.54) is 0 Å². The van der Waals surface area contributed by atoms with Crippen molar-refractivity contribution < 1.29 is 19.0 Å². The van der Waals surface area contributed by atoms with Crippen LogP contribution in [0, 0.1) is 0 Å². The minimum absolute atomic E-state index is 0.0195. The van der Waals surface area contributed by atoms with Gasteiger partial charge in [-0.15, -0.1) is 0 Å². The Morgan fingerprint density at radius 1 is 0.958 bits per heavy atom. The van der Waals surface area contributed by atoms with Gasteiger partial charge in [0.15, 0.2) is 6.61 Å². The second-order valence-electron chi connectivity index (χ2n) is 5.53. The molecular weight excluding hydrogens is 306 g/mol. The second kappa shape index (κ2) is 8.36. The number of benzene rings is 2. The van der Waals surface area contributed by atoms with Crippen LogP contribution in [0.3, 0.4) is 0 Å². The number of hydrogen-bond donors (Lipinski definition) is 0. The predicted octanol–water partition coefficient (Wildman–Crippen LogP) is 2.50. The number of nitrogens with zero attached hydrogens (tertiary/aromatic N) is 1. The van der Waals surface area contributed by atoms with Crippen LogP contribution in [-0.4, -0.2) is 43.7 Å². The average Bonchev–Trinajstić information content (AvgIpc) is 2.66. The average molecular weight is 327 g/mol. The quantitative estimate of drug-likeness (QED) is 0.818. The molecule has 1 fully saturated rings. The van der Waals surface area contributed by atoms with Crippen molar-refractivity contribution in [1.82, 2.24) is 4.90 Å². The van der Waals surface area contributed by atoms with Gasteiger partial charge in [-0.25, -0.2) is 0 Å². The molecule has 0 aliphatic carbocycles. The van der Waals surface area contributed by atoms with E-state index in [2.05, 4.69) is 0 Å². The van der Waals surface area contributed by atoms with Gasteiger partial charge >= 0.3 is 0 Å². The maximum Gasteiger partial charge on any atom is 0.260 e. The summed E-state index contributed by atoms with van der Waals surface area (Å²) in [6.45, 7) is 2.97. The SMILES string of the molecule is O=C(COc1cccc(OCc2ccccc2)c1)N1CCOCC1. The summed E-state index contributed by atoms with van der Waals surface area (Å²) in [5, 5.41) is 0. The number of ether oxygens (including phenoxy) is 3. The second-order valence-corrected chi connectivity index (χ2v) is 5.53. The molecule has 0 radical (unpaired) electrons. The van der Waals surface area contributed by atoms with E-state index in [0.717, 1.165) is 11.3 Å². The van der Waals surface area contributed by atoms with Crippen LogP contribution in [0.2, 0.25) is 0 Å². The van der Waals surface area contributed by atoms with Crippen LogP contribution in [0.1, 0.15) is 5.56 Å². The molecule has 0 bridgehead atoms. The maximum atomic E-state index is 12.1. The Morgan fingerprint density at radius 2 is 1.67 bits per heavy atom. The van der Waals surface area contributed by atoms with Gasteiger partial charge in [0.05, 0.1) is 13.2 Å². The highest BCUT2D eigenvalue weighted by Crippen LogP contribution is 2.20. The third-order valence-electron chi connectivity index (χ3n) is 3.78. The molecule has 1 heterocycles. The lowest BCUT2D eigenvalue weighted by Crippen LogP contribution is -2.42. The molecule has 0 saturated carbocycles. The lowest BCUT2D eigenvalue weighted by atomic mass is 10.2. The number of hydrogen-bond acceptors (Lipinski definition) is 4. The Hall–Kier alpha value is -2.53. The zero-order valence-corrected chi connectivity index (χ0v) is 13.5. The Kier molecular flexibility index (Phi) is 5.69. The van der Waals surface area contributed by atoms with Crippen molar-refractivity contribution in [1.29, 1.82) is 0 Å². The minimum Gasteiger partial charge on any atom is -0.489 e. The van der Waals surface area contributed by atoms with Gasteiger partial charge in [-0.05, 0) is 17.7 Å². The Labute approximate surface area is 141 Å². The van der Waals surface area contributed by atoms with Crippen LogP contribution >= 0.6 is 0 Å². The highest BCUT2D eigenvalue weighted by atomic mass is 16.5. The molecule has 126 valence electrons. The fourth-order valence-electron chi connectivity index (χ4n) is 2.44. The number of carbonyl (C=O) groups is 1. The van der Waals surface area contributed by atoms with Crippen molar-refractivity contribution >= 4 is 5.91 Å². The normalized spacial score (nSPS) is 14.2. The molecule has 1 aliphatic heterocycles. The van der Waals surface area contributed by atoms with Crippen molar-refractivity contribution in [2.24, 2.45) is 0 Å². The van der Waals surface area contributed by atoms with Crippen molar-refractivity contribution in [2.75, 3.05) is 32.9 Å². The topological polar surface area (TPSA) is 48.0 Å². The highest BCUT2D eigenvalue weighted by molar-refractivity contribution is 5.77. The molecule has 1 saturated heterocycles. The Morgan fingerprint density at radius 3 is 2.42 bits per heavy atom. The van der Waals surface area contributed by atoms with Crippen molar-refractivity contribution in [3.8, 4) is 11.5 Å². The molecule has 1 aliphatic rings. The monoisotopic (exact) mass is 327 g/mol. The molecule has 2 aromatic rings. The highest BCUT2D eigenvalue weighted by Gasteiger charge is 2.17. The van der Waals surface area contributed by atoms with Crippen molar-refractivity contribution in [2.45, 2.75) is 6.61 Å². The summed E-state index contributed by atoms with van der Waals surface area (Å²) in [5.74, 6) is 1.33. The van der Waals surface area contributed by atoms with Crippen LogP contribution in [-0.2, 0) is 16.1 Å². The third kappa shape index (κ3) is 4.73. The fraction of sp³-hybridized carbons (Fsp3) is 0.316. The van der Waals surface area contributed by atoms with Crippen LogP contribution in [0.25, 0.3) is 0 Å². The number of carbonyl (C=O) groups excluding carboxylic acids is 1. The summed E-state index contributed by atoms with van der Waals surface area (Å²) in [6.07, 6.45) is 0. The first-order valence-corrected chi connectivity index (χ1v) is 8.06. The molecule has 0 N–H and O–H groups in total. The van der Waals surface area contributed by atoms with Gasteiger partial charge < -0.3 is 19.1 Å². The maximum absolute atomic E-state index is 12.1. The molecular formula is C19H21NO4. The molecule has 5 nitrogen and oxygen atoms in total. The zero-order valence-electron chi connectivity index (χ0n) is 13.5. The summed E-state index contributed by atoms with van der Waals surface area (Å²) < 4.78 is 16.6. The summed E-state index contributed by atoms with van der Waals surface area (Å²) in [6, 6.07) is 17.3. The molecule has 0 unspecified atom stereocenters. The Balaban J connectivity index is 1.50. The number of rotatable bonds is 6. The van der Waals surface area contributed by atoms with Gasteiger partial charge in [-0.2, -0.15) is 0 Å². The number of morpholine rings is 1. The third-order valence-corrected chi connectivity index (χ3v) is 3.78. The minimum atomic E-state index is -0.0195. The standard InChI is InChI=1S/C19H21NO4/c21-19(20-9-11-22-12-10-20)15-24-18-8-4-7-17(13-18)23-14-16-5-2-1-3-6-16/h1-8,13H,9-12,14-15H2. The molecule has 2 aromatic carbocycles. The van der Waals surface area contributed by atoms with Crippen molar-refractivity contribution in [3.63, 3.8) is 0 Å². The summed E-state index contributed by atoms with van der Waals surface area (Å²) in [5.41, 5.74) is 1.10. The largest absolute Gasteiger partial charge is 0.489 e. The van der Waals surface area contributed by atoms with Gasteiger partial charge in [0.1, 0.15) is 18.1 Å². The molecule has 5 heteroatoms. The van der Waals surface area contributed by atoms with Gasteiger partial charge in [0, 0.05) is 19.2 Å². The van der Waals surface area contributed by atoms with E-state index in [1.807, 2.05) is 48.5 Å². The first kappa shape index (κ1) is 16.3.